The Bertz CT molecular complexity index is 1030. The van der Waals surface area contributed by atoms with Crippen LogP contribution in [0.1, 0.15) is 29.0 Å². The lowest BCUT2D eigenvalue weighted by Gasteiger charge is -2.34. The molecule has 0 aliphatic carbocycles. The van der Waals surface area contributed by atoms with Crippen molar-refractivity contribution in [1.29, 1.82) is 0 Å². The molecule has 3 aromatic rings. The molecule has 1 aromatic carbocycles. The Hall–Kier alpha value is -2.61. The molecule has 26 heavy (non-hydrogen) atoms. The second-order valence-corrected chi connectivity index (χ2v) is 8.76. The molecule has 1 saturated heterocycles. The predicted molar refractivity (Wildman–Crippen MR) is 98.6 cm³/mol. The second-order valence-electron chi connectivity index (χ2n) is 6.53. The second kappa shape index (κ2) is 6.28. The van der Waals surface area contributed by atoms with Crippen LogP contribution in [0.25, 0.3) is 10.9 Å². The van der Waals surface area contributed by atoms with Gasteiger partial charge in [0.2, 0.25) is 0 Å². The molecule has 1 amide bonds. The Balaban J connectivity index is 1.70. The standard InChI is InChI=1S/C18H20N4O3S/c1-2-21-11-14(10-19-21)17-12-26(24,25)8-7-22(17)18(23)16-9-13-5-3-4-6-15(13)20-16/h3-6,9-11,17,20H,2,7-8,12H2,1H3/t17-/m1/s1. The van der Waals surface area contributed by atoms with Gasteiger partial charge >= 0.3 is 0 Å². The van der Waals surface area contributed by atoms with Crippen LogP contribution in [0.2, 0.25) is 0 Å². The Morgan fingerprint density at radius 1 is 1.35 bits per heavy atom. The molecule has 8 heteroatoms. The molecule has 1 aliphatic rings. The molecule has 0 bridgehead atoms. The summed E-state index contributed by atoms with van der Waals surface area (Å²) < 4.78 is 26.1. The van der Waals surface area contributed by atoms with E-state index in [0.29, 0.717) is 12.2 Å². The Morgan fingerprint density at radius 3 is 2.88 bits per heavy atom. The van der Waals surface area contributed by atoms with E-state index in [-0.39, 0.29) is 24.0 Å². The third-order valence-corrected chi connectivity index (χ3v) is 6.44. The molecule has 1 N–H and O–H groups in total. The number of benzene rings is 1. The quantitative estimate of drug-likeness (QED) is 0.762. The minimum atomic E-state index is -3.19. The summed E-state index contributed by atoms with van der Waals surface area (Å²) in [6, 6.07) is 8.96. The summed E-state index contributed by atoms with van der Waals surface area (Å²) in [7, 11) is -3.19. The van der Waals surface area contributed by atoms with Crippen molar-refractivity contribution in [2.45, 2.75) is 19.5 Å². The van der Waals surface area contributed by atoms with Crippen LogP contribution in [0.3, 0.4) is 0 Å². The van der Waals surface area contributed by atoms with Gasteiger partial charge in [-0.3, -0.25) is 9.48 Å². The van der Waals surface area contributed by atoms with E-state index in [2.05, 4.69) is 10.1 Å². The summed E-state index contributed by atoms with van der Waals surface area (Å²) in [5.41, 5.74) is 2.11. The van der Waals surface area contributed by atoms with Crippen molar-refractivity contribution in [3.8, 4) is 0 Å². The maximum Gasteiger partial charge on any atom is 0.270 e. The highest BCUT2D eigenvalue weighted by atomic mass is 32.2. The number of aromatic nitrogens is 3. The number of carbonyl (C=O) groups excluding carboxylic acids is 1. The van der Waals surface area contributed by atoms with Crippen LogP contribution in [0.15, 0.2) is 42.7 Å². The molecular weight excluding hydrogens is 352 g/mol. The van der Waals surface area contributed by atoms with Gasteiger partial charge in [-0.05, 0) is 19.1 Å². The van der Waals surface area contributed by atoms with Crippen LogP contribution in [-0.4, -0.2) is 52.0 Å². The van der Waals surface area contributed by atoms with Crippen LogP contribution >= 0.6 is 0 Å². The van der Waals surface area contributed by atoms with E-state index in [0.717, 1.165) is 16.5 Å². The first-order valence-corrected chi connectivity index (χ1v) is 10.4. The van der Waals surface area contributed by atoms with Crippen molar-refractivity contribution in [3.05, 3.63) is 54.0 Å². The first-order chi connectivity index (χ1) is 12.5. The van der Waals surface area contributed by atoms with Gasteiger partial charge in [0.15, 0.2) is 9.84 Å². The monoisotopic (exact) mass is 372 g/mol. The summed E-state index contributed by atoms with van der Waals surface area (Å²) in [5, 5.41) is 5.19. The molecule has 1 aliphatic heterocycles. The van der Waals surface area contributed by atoms with Gasteiger partial charge in [-0.25, -0.2) is 8.42 Å². The van der Waals surface area contributed by atoms with Crippen molar-refractivity contribution in [2.24, 2.45) is 0 Å². The van der Waals surface area contributed by atoms with Crippen molar-refractivity contribution in [3.63, 3.8) is 0 Å². The molecule has 3 heterocycles. The number of aromatic amines is 1. The highest BCUT2D eigenvalue weighted by molar-refractivity contribution is 7.91. The molecule has 1 atom stereocenters. The number of rotatable bonds is 3. The van der Waals surface area contributed by atoms with Gasteiger partial charge < -0.3 is 9.88 Å². The molecule has 1 fully saturated rings. The first-order valence-electron chi connectivity index (χ1n) is 8.58. The lowest BCUT2D eigenvalue weighted by Crippen LogP contribution is -2.46. The van der Waals surface area contributed by atoms with Crippen molar-refractivity contribution < 1.29 is 13.2 Å². The minimum absolute atomic E-state index is 0.0165. The van der Waals surface area contributed by atoms with Gasteiger partial charge in [-0.1, -0.05) is 18.2 Å². The van der Waals surface area contributed by atoms with Crippen LogP contribution in [0.4, 0.5) is 0 Å². The number of fused-ring (bicyclic) bond motifs is 1. The van der Waals surface area contributed by atoms with E-state index in [9.17, 15) is 13.2 Å². The number of hydrogen-bond acceptors (Lipinski definition) is 4. The average molecular weight is 372 g/mol. The fourth-order valence-corrected chi connectivity index (χ4v) is 4.89. The lowest BCUT2D eigenvalue weighted by molar-refractivity contribution is 0.0692. The van der Waals surface area contributed by atoms with Gasteiger partial charge in [0.1, 0.15) is 5.69 Å². The summed E-state index contributed by atoms with van der Waals surface area (Å²) in [5.74, 6) is -0.281. The molecule has 0 spiro atoms. The maximum atomic E-state index is 13.1. The summed E-state index contributed by atoms with van der Waals surface area (Å²) >= 11 is 0. The summed E-state index contributed by atoms with van der Waals surface area (Å²) in [6.45, 7) is 2.83. The largest absolute Gasteiger partial charge is 0.351 e. The van der Waals surface area contributed by atoms with Gasteiger partial charge in [0.25, 0.3) is 5.91 Å². The fourth-order valence-electron chi connectivity index (χ4n) is 3.39. The number of carbonyl (C=O) groups is 1. The fraction of sp³-hybridized carbons (Fsp3) is 0.333. The van der Waals surface area contributed by atoms with Crippen LogP contribution in [-0.2, 0) is 16.4 Å². The first kappa shape index (κ1) is 16.8. The lowest BCUT2D eigenvalue weighted by atomic mass is 10.1. The summed E-state index contributed by atoms with van der Waals surface area (Å²) in [6.07, 6.45) is 3.47. The van der Waals surface area contributed by atoms with Gasteiger partial charge in [-0.2, -0.15) is 5.10 Å². The number of nitrogens with one attached hydrogen (secondary N) is 1. The Morgan fingerprint density at radius 2 is 2.15 bits per heavy atom. The number of amides is 1. The van der Waals surface area contributed by atoms with Gasteiger partial charge in [-0.15, -0.1) is 0 Å². The zero-order chi connectivity index (χ0) is 18.3. The number of sulfone groups is 1. The zero-order valence-corrected chi connectivity index (χ0v) is 15.2. The Kier molecular flexibility index (Phi) is 4.07. The molecule has 4 rings (SSSR count). The van der Waals surface area contributed by atoms with Crippen molar-refractivity contribution in [2.75, 3.05) is 18.1 Å². The number of nitrogens with zero attached hydrogens (tertiary/aromatic N) is 3. The molecule has 0 saturated carbocycles. The molecule has 0 unspecified atom stereocenters. The highest BCUT2D eigenvalue weighted by Gasteiger charge is 2.36. The number of hydrogen-bond donors (Lipinski definition) is 1. The van der Waals surface area contributed by atoms with E-state index in [1.165, 1.54) is 0 Å². The van der Waals surface area contributed by atoms with Crippen molar-refractivity contribution >= 4 is 26.6 Å². The third-order valence-electron chi connectivity index (χ3n) is 4.81. The average Bonchev–Trinajstić information content (AvgIpc) is 3.27. The molecule has 0 radical (unpaired) electrons. The number of para-hydroxylation sites is 1. The Labute approximate surface area is 151 Å². The normalized spacial score (nSPS) is 19.7. The third kappa shape index (κ3) is 3.01. The zero-order valence-electron chi connectivity index (χ0n) is 14.4. The van der Waals surface area contributed by atoms with E-state index in [1.54, 1.807) is 15.8 Å². The topological polar surface area (TPSA) is 88.1 Å². The molecule has 7 nitrogen and oxygen atoms in total. The minimum Gasteiger partial charge on any atom is -0.351 e. The van der Waals surface area contributed by atoms with Crippen LogP contribution in [0.5, 0.6) is 0 Å². The smallest absolute Gasteiger partial charge is 0.270 e. The van der Waals surface area contributed by atoms with Crippen molar-refractivity contribution in [1.82, 2.24) is 19.7 Å². The van der Waals surface area contributed by atoms with E-state index in [1.807, 2.05) is 43.5 Å². The summed E-state index contributed by atoms with van der Waals surface area (Å²) in [4.78, 5) is 17.9. The number of aryl methyl sites for hydroxylation is 1. The predicted octanol–water partition coefficient (Wildman–Crippen LogP) is 2.00. The molecule has 2 aromatic heterocycles. The van der Waals surface area contributed by atoms with E-state index in [4.69, 9.17) is 0 Å². The highest BCUT2D eigenvalue weighted by Crippen LogP contribution is 2.29. The SMILES string of the molecule is CCn1cc([C@H]2CS(=O)(=O)CCN2C(=O)c2cc3ccccc3[nH]2)cn1. The van der Waals surface area contributed by atoms with Crippen LogP contribution < -0.4 is 0 Å². The van der Waals surface area contributed by atoms with E-state index < -0.39 is 15.9 Å². The molecular formula is C18H20N4O3S. The maximum absolute atomic E-state index is 13.1. The van der Waals surface area contributed by atoms with Gasteiger partial charge in [0.05, 0.1) is 23.7 Å². The van der Waals surface area contributed by atoms with E-state index >= 15 is 0 Å². The molecule has 136 valence electrons. The van der Waals surface area contributed by atoms with Gasteiger partial charge in [0, 0.05) is 35.8 Å². The van der Waals surface area contributed by atoms with Crippen LogP contribution in [0, 0.1) is 0 Å². The number of H-pyrrole nitrogens is 1.